The zero-order valence-corrected chi connectivity index (χ0v) is 12.0. The third kappa shape index (κ3) is 3.84. The summed E-state index contributed by atoms with van der Waals surface area (Å²) in [6, 6.07) is 9.27. The molecule has 2 aromatic rings. The van der Waals surface area contributed by atoms with Crippen LogP contribution in [0.3, 0.4) is 0 Å². The normalized spacial score (nSPS) is 10.4. The number of nitrogens with two attached hydrogens (primary N) is 1. The second kappa shape index (κ2) is 6.92. The van der Waals surface area contributed by atoms with Crippen LogP contribution in [0, 0.1) is 6.92 Å². The Bertz CT molecular complexity index is 605. The molecule has 0 radical (unpaired) electrons. The molecule has 0 fully saturated rings. The fourth-order valence-electron chi connectivity index (χ4n) is 1.85. The van der Waals surface area contributed by atoms with Crippen molar-refractivity contribution in [2.24, 2.45) is 5.84 Å². The lowest BCUT2D eigenvalue weighted by molar-refractivity contribution is 0.0924. The van der Waals surface area contributed by atoms with Crippen LogP contribution in [0.4, 0.5) is 0 Å². The number of hydrogen-bond acceptors (Lipinski definition) is 5. The number of hydrazine groups is 1. The van der Waals surface area contributed by atoms with Crippen LogP contribution in [-0.4, -0.2) is 13.0 Å². The van der Waals surface area contributed by atoms with Crippen molar-refractivity contribution in [2.75, 3.05) is 7.11 Å². The molecule has 21 heavy (non-hydrogen) atoms. The number of aryl methyl sites for hydroxylation is 1. The lowest BCUT2D eigenvalue weighted by Crippen LogP contribution is -2.29. The van der Waals surface area contributed by atoms with Gasteiger partial charge in [-0.2, -0.15) is 0 Å². The lowest BCUT2D eigenvalue weighted by Gasteiger charge is -2.05. The number of nitrogen functional groups attached to an aromatic ring is 1. The smallest absolute Gasteiger partial charge is 0.300 e. The number of amides is 1. The van der Waals surface area contributed by atoms with Crippen molar-refractivity contribution in [3.8, 4) is 5.75 Å². The molecule has 0 aliphatic rings. The van der Waals surface area contributed by atoms with Gasteiger partial charge in [0.25, 0.3) is 0 Å². The molecule has 1 aromatic heterocycles. The maximum absolute atomic E-state index is 11.4. The van der Waals surface area contributed by atoms with Gasteiger partial charge in [0.1, 0.15) is 11.5 Å². The van der Waals surface area contributed by atoms with Gasteiger partial charge in [-0.15, -0.1) is 0 Å². The van der Waals surface area contributed by atoms with Crippen molar-refractivity contribution in [3.05, 3.63) is 53.0 Å². The predicted molar refractivity (Wildman–Crippen MR) is 76.6 cm³/mol. The quantitative estimate of drug-likeness (QED) is 0.482. The van der Waals surface area contributed by atoms with Gasteiger partial charge in [-0.25, -0.2) is 5.84 Å². The third-order valence-electron chi connectivity index (χ3n) is 3.06. The van der Waals surface area contributed by atoms with Gasteiger partial charge in [-0.05, 0) is 30.7 Å². The second-order valence-corrected chi connectivity index (χ2v) is 4.51. The summed E-state index contributed by atoms with van der Waals surface area (Å²) in [5, 5.41) is 0. The minimum atomic E-state index is -0.459. The van der Waals surface area contributed by atoms with E-state index in [1.807, 2.05) is 29.7 Å². The Hall–Kier alpha value is -2.31. The number of carbonyl (C=O) groups is 1. The van der Waals surface area contributed by atoms with Crippen molar-refractivity contribution < 1.29 is 18.7 Å². The van der Waals surface area contributed by atoms with Crippen molar-refractivity contribution in [1.29, 1.82) is 0 Å². The van der Waals surface area contributed by atoms with Gasteiger partial charge in [0.15, 0.2) is 5.76 Å². The van der Waals surface area contributed by atoms with Gasteiger partial charge in [-0.1, -0.05) is 12.1 Å². The van der Waals surface area contributed by atoms with Gasteiger partial charge < -0.3 is 13.9 Å². The van der Waals surface area contributed by atoms with E-state index < -0.39 is 5.91 Å². The standard InChI is InChI=1S/C15H18N2O4/c1-10-12(7-14(21-10)15(18)17-16)9-20-8-11-3-5-13(19-2)6-4-11/h3-7H,8-9,16H2,1-2H3,(H,17,18). The van der Waals surface area contributed by atoms with E-state index in [2.05, 4.69) is 0 Å². The minimum Gasteiger partial charge on any atom is -0.497 e. The molecule has 0 spiro atoms. The van der Waals surface area contributed by atoms with Gasteiger partial charge in [0.2, 0.25) is 0 Å². The predicted octanol–water partition coefficient (Wildman–Crippen LogP) is 1.92. The molecule has 2 rings (SSSR count). The maximum Gasteiger partial charge on any atom is 0.300 e. The first-order chi connectivity index (χ1) is 10.1. The average molecular weight is 290 g/mol. The van der Waals surface area contributed by atoms with E-state index in [1.54, 1.807) is 20.1 Å². The van der Waals surface area contributed by atoms with Gasteiger partial charge in [0, 0.05) is 5.56 Å². The van der Waals surface area contributed by atoms with Crippen LogP contribution >= 0.6 is 0 Å². The van der Waals surface area contributed by atoms with E-state index in [4.69, 9.17) is 19.7 Å². The molecule has 112 valence electrons. The number of carbonyl (C=O) groups excluding carboxylic acids is 1. The van der Waals surface area contributed by atoms with E-state index >= 15 is 0 Å². The monoisotopic (exact) mass is 290 g/mol. The molecule has 0 aliphatic carbocycles. The second-order valence-electron chi connectivity index (χ2n) is 4.51. The summed E-state index contributed by atoms with van der Waals surface area (Å²) in [4.78, 5) is 11.4. The van der Waals surface area contributed by atoms with Crippen LogP contribution in [0.2, 0.25) is 0 Å². The van der Waals surface area contributed by atoms with Crippen LogP contribution < -0.4 is 16.0 Å². The molecule has 6 heteroatoms. The van der Waals surface area contributed by atoms with Crippen LogP contribution in [0.5, 0.6) is 5.75 Å². The zero-order valence-electron chi connectivity index (χ0n) is 12.0. The average Bonchev–Trinajstić information content (AvgIpc) is 2.88. The highest BCUT2D eigenvalue weighted by molar-refractivity contribution is 5.91. The number of furan rings is 1. The molecule has 6 nitrogen and oxygen atoms in total. The van der Waals surface area contributed by atoms with Gasteiger partial charge in [0.05, 0.1) is 20.3 Å². The summed E-state index contributed by atoms with van der Waals surface area (Å²) in [5.74, 6) is 6.23. The third-order valence-corrected chi connectivity index (χ3v) is 3.06. The molecule has 0 aliphatic heterocycles. The zero-order chi connectivity index (χ0) is 15.2. The molecular formula is C15H18N2O4. The van der Waals surface area contributed by atoms with Crippen LogP contribution in [0.1, 0.15) is 27.4 Å². The Morgan fingerprint density at radius 2 is 2.00 bits per heavy atom. The first-order valence-corrected chi connectivity index (χ1v) is 6.45. The molecule has 1 aromatic carbocycles. The molecular weight excluding hydrogens is 272 g/mol. The molecule has 0 bridgehead atoms. The maximum atomic E-state index is 11.4. The topological polar surface area (TPSA) is 86.7 Å². The summed E-state index contributed by atoms with van der Waals surface area (Å²) in [5.41, 5.74) is 3.89. The van der Waals surface area contributed by atoms with Crippen molar-refractivity contribution in [3.63, 3.8) is 0 Å². The minimum absolute atomic E-state index is 0.179. The lowest BCUT2D eigenvalue weighted by atomic mass is 10.2. The molecule has 1 amide bonds. The highest BCUT2D eigenvalue weighted by atomic mass is 16.5. The molecule has 0 atom stereocenters. The SMILES string of the molecule is COc1ccc(COCc2cc(C(=O)NN)oc2C)cc1. The van der Waals surface area contributed by atoms with Crippen LogP contribution in [0.15, 0.2) is 34.7 Å². The van der Waals surface area contributed by atoms with Crippen LogP contribution in [0.25, 0.3) is 0 Å². The molecule has 3 N–H and O–H groups in total. The highest BCUT2D eigenvalue weighted by Crippen LogP contribution is 2.17. The summed E-state index contributed by atoms with van der Waals surface area (Å²) < 4.78 is 16.0. The number of methoxy groups -OCH3 is 1. The fraction of sp³-hybridized carbons (Fsp3) is 0.267. The Balaban J connectivity index is 1.90. The number of hydrogen-bond donors (Lipinski definition) is 2. The van der Waals surface area contributed by atoms with Gasteiger partial charge in [-0.3, -0.25) is 10.2 Å². The summed E-state index contributed by atoms with van der Waals surface area (Å²) in [6.07, 6.45) is 0. The van der Waals surface area contributed by atoms with Crippen molar-refractivity contribution >= 4 is 5.91 Å². The Kier molecular flexibility index (Phi) is 4.97. The summed E-state index contributed by atoms with van der Waals surface area (Å²) in [6.45, 7) is 2.60. The number of rotatable bonds is 6. The van der Waals surface area contributed by atoms with E-state index in [-0.39, 0.29) is 5.76 Å². The molecule has 0 unspecified atom stereocenters. The highest BCUT2D eigenvalue weighted by Gasteiger charge is 2.13. The number of benzene rings is 1. The fourth-order valence-corrected chi connectivity index (χ4v) is 1.85. The van der Waals surface area contributed by atoms with Gasteiger partial charge >= 0.3 is 5.91 Å². The van der Waals surface area contributed by atoms with E-state index in [0.717, 1.165) is 16.9 Å². The van der Waals surface area contributed by atoms with E-state index in [0.29, 0.717) is 19.0 Å². The van der Waals surface area contributed by atoms with E-state index in [1.165, 1.54) is 0 Å². The molecule has 1 heterocycles. The Morgan fingerprint density at radius 3 is 2.62 bits per heavy atom. The van der Waals surface area contributed by atoms with Crippen LogP contribution in [-0.2, 0) is 18.0 Å². The first kappa shape index (κ1) is 15.1. The van der Waals surface area contributed by atoms with Crippen molar-refractivity contribution in [2.45, 2.75) is 20.1 Å². The first-order valence-electron chi connectivity index (χ1n) is 6.45. The Morgan fingerprint density at radius 1 is 1.29 bits per heavy atom. The van der Waals surface area contributed by atoms with Crippen molar-refractivity contribution in [1.82, 2.24) is 5.43 Å². The summed E-state index contributed by atoms with van der Waals surface area (Å²) in [7, 11) is 1.63. The summed E-state index contributed by atoms with van der Waals surface area (Å²) >= 11 is 0. The van der Waals surface area contributed by atoms with E-state index in [9.17, 15) is 4.79 Å². The largest absolute Gasteiger partial charge is 0.497 e. The Labute approximate surface area is 122 Å². The number of ether oxygens (including phenoxy) is 2. The number of nitrogens with one attached hydrogen (secondary N) is 1. The molecule has 0 saturated heterocycles. The molecule has 0 saturated carbocycles.